The molecule has 51 heavy (non-hydrogen) atoms. The van der Waals surface area contributed by atoms with Crippen LogP contribution in [0.3, 0.4) is 0 Å². The highest BCUT2D eigenvalue weighted by atomic mass is 79.9. The normalized spacial score (nSPS) is 11.1. The smallest absolute Gasteiger partial charge is 0.272 e. The van der Waals surface area contributed by atoms with Gasteiger partial charge in [0, 0.05) is 55.3 Å². The molecule has 0 aliphatic heterocycles. The Morgan fingerprint density at radius 1 is 0.863 bits per heavy atom. The van der Waals surface area contributed by atoms with Gasteiger partial charge in [0.2, 0.25) is 5.91 Å². The Morgan fingerprint density at radius 2 is 1.57 bits per heavy atom. The molecule has 0 saturated heterocycles. The minimum Gasteiger partial charge on any atom is -0.457 e. The lowest BCUT2D eigenvalue weighted by Gasteiger charge is -2.11. The lowest BCUT2D eigenvalue weighted by molar-refractivity contribution is -0.384. The van der Waals surface area contributed by atoms with Crippen LogP contribution in [0.4, 0.5) is 16.5 Å². The number of halogens is 1. The summed E-state index contributed by atoms with van der Waals surface area (Å²) in [6, 6.07) is 32.6. The third-order valence-electron chi connectivity index (χ3n) is 7.18. The quantitative estimate of drug-likeness (QED) is 0.0481. The van der Waals surface area contributed by atoms with Crippen LogP contribution in [-0.4, -0.2) is 33.4 Å². The van der Waals surface area contributed by atoms with E-state index in [9.17, 15) is 24.5 Å². The molecule has 3 N–H and O–H groups in total. The zero-order valence-electron chi connectivity index (χ0n) is 26.4. The number of nitro benzene ring substituents is 1. The highest BCUT2D eigenvalue weighted by Crippen LogP contribution is 2.28. The average molecular weight is 781 g/mol. The first-order valence-corrected chi connectivity index (χ1v) is 17.8. The summed E-state index contributed by atoms with van der Waals surface area (Å²) in [7, 11) is 0. The fraction of sp³-hybridized carbons (Fsp3) is 0.0270. The zero-order valence-corrected chi connectivity index (χ0v) is 29.6. The monoisotopic (exact) mass is 779 g/mol. The van der Waals surface area contributed by atoms with Crippen LogP contribution in [0.2, 0.25) is 0 Å². The summed E-state index contributed by atoms with van der Waals surface area (Å²) >= 11 is 5.98. The van der Waals surface area contributed by atoms with Crippen molar-refractivity contribution in [2.45, 2.75) is 4.90 Å². The highest BCUT2D eigenvalue weighted by molar-refractivity contribution is 9.10. The molecular formula is C37H26BrN5O6S2. The molecule has 3 amide bonds. The van der Waals surface area contributed by atoms with Crippen LogP contribution in [0, 0.1) is 10.1 Å². The van der Waals surface area contributed by atoms with Crippen LogP contribution in [0.25, 0.3) is 28.7 Å². The van der Waals surface area contributed by atoms with Gasteiger partial charge in [0.1, 0.15) is 17.2 Å². The van der Waals surface area contributed by atoms with E-state index in [1.165, 1.54) is 41.3 Å². The summed E-state index contributed by atoms with van der Waals surface area (Å²) in [6.07, 6.45) is 1.47. The molecule has 0 spiro atoms. The summed E-state index contributed by atoms with van der Waals surface area (Å²) in [4.78, 5) is 54.8. The van der Waals surface area contributed by atoms with E-state index < -0.39 is 16.7 Å². The van der Waals surface area contributed by atoms with Crippen LogP contribution in [-0.2, 0) is 9.59 Å². The second-order valence-electron chi connectivity index (χ2n) is 10.7. The van der Waals surface area contributed by atoms with Gasteiger partial charge in [-0.2, -0.15) is 0 Å². The van der Waals surface area contributed by atoms with Gasteiger partial charge in [-0.05, 0) is 72.8 Å². The minimum atomic E-state index is -0.558. The van der Waals surface area contributed by atoms with Crippen LogP contribution in [0.5, 0.6) is 0 Å². The number of carbonyl (C=O) groups excluding carboxylic acids is 3. The summed E-state index contributed by atoms with van der Waals surface area (Å²) in [5, 5.41) is 21.4. The molecule has 11 nitrogen and oxygen atoms in total. The van der Waals surface area contributed by atoms with Gasteiger partial charge in [-0.15, -0.1) is 23.1 Å². The number of nitrogens with one attached hydrogen (secondary N) is 3. The Balaban J connectivity index is 1.07. The van der Waals surface area contributed by atoms with E-state index in [0.29, 0.717) is 39.2 Å². The molecule has 6 rings (SSSR count). The number of hydrogen-bond acceptors (Lipinski definition) is 9. The molecule has 0 unspecified atom stereocenters. The van der Waals surface area contributed by atoms with E-state index >= 15 is 0 Å². The SMILES string of the molecule is O=C(CSc1ccc(NC(=O)C(=Cc2ccc(-c3ccc(Br)cc3)o2)NC(=O)c2ccccc2)cc1)Nc1nc(-c2ccc([N+](=O)[O-])cc2)cs1. The number of rotatable bonds is 12. The van der Waals surface area contributed by atoms with Crippen molar-refractivity contribution >= 4 is 79.3 Å². The summed E-state index contributed by atoms with van der Waals surface area (Å²) < 4.78 is 6.91. The predicted octanol–water partition coefficient (Wildman–Crippen LogP) is 8.88. The minimum absolute atomic E-state index is 0.0133. The van der Waals surface area contributed by atoms with Crippen molar-refractivity contribution in [3.8, 4) is 22.6 Å². The Hall–Kier alpha value is -5.83. The maximum Gasteiger partial charge on any atom is 0.272 e. The third-order valence-corrected chi connectivity index (χ3v) is 9.48. The molecule has 0 saturated carbocycles. The number of thiazole rings is 1. The third kappa shape index (κ3) is 9.45. The Morgan fingerprint density at radius 3 is 2.27 bits per heavy atom. The number of carbonyl (C=O) groups is 3. The molecule has 14 heteroatoms. The Bertz CT molecular complexity index is 2220. The Kier molecular flexibility index (Phi) is 11.2. The average Bonchev–Trinajstić information content (AvgIpc) is 3.82. The number of anilines is 2. The van der Waals surface area contributed by atoms with E-state index in [-0.39, 0.29) is 23.0 Å². The van der Waals surface area contributed by atoms with E-state index in [1.54, 1.807) is 84.2 Å². The second-order valence-corrected chi connectivity index (χ2v) is 13.6. The van der Waals surface area contributed by atoms with Gasteiger partial charge >= 0.3 is 0 Å². The van der Waals surface area contributed by atoms with E-state index in [1.807, 2.05) is 24.3 Å². The van der Waals surface area contributed by atoms with Gasteiger partial charge in [-0.3, -0.25) is 24.5 Å². The predicted molar refractivity (Wildman–Crippen MR) is 202 cm³/mol. The first-order valence-electron chi connectivity index (χ1n) is 15.2. The molecular weight excluding hydrogens is 754 g/mol. The van der Waals surface area contributed by atoms with E-state index in [0.717, 1.165) is 14.9 Å². The lowest BCUT2D eigenvalue weighted by atomic mass is 10.1. The van der Waals surface area contributed by atoms with Gasteiger partial charge < -0.3 is 20.4 Å². The molecule has 0 fully saturated rings. The second kappa shape index (κ2) is 16.3. The number of nitrogens with zero attached hydrogens (tertiary/aromatic N) is 2. The van der Waals surface area contributed by atoms with Gasteiger partial charge in [0.15, 0.2) is 5.13 Å². The number of hydrogen-bond donors (Lipinski definition) is 3. The molecule has 4 aromatic carbocycles. The summed E-state index contributed by atoms with van der Waals surface area (Å²) in [5.41, 5.74) is 2.98. The molecule has 0 radical (unpaired) electrons. The summed E-state index contributed by atoms with van der Waals surface area (Å²) in [5.74, 6) is -0.187. The van der Waals surface area contributed by atoms with Crippen molar-refractivity contribution in [1.82, 2.24) is 10.3 Å². The Labute approximate surface area is 308 Å². The van der Waals surface area contributed by atoms with Crippen molar-refractivity contribution in [2.75, 3.05) is 16.4 Å². The number of aromatic nitrogens is 1. The molecule has 0 bridgehead atoms. The first-order chi connectivity index (χ1) is 24.7. The molecule has 0 aliphatic rings. The van der Waals surface area contributed by atoms with Crippen molar-refractivity contribution < 1.29 is 23.7 Å². The standard InChI is InChI=1S/C37H26BrN5O6S2/c38-26-10-6-24(7-11-26)33-19-16-29(49-33)20-31(40-35(45)25-4-2-1-3-5-25)36(46)39-27-12-17-30(18-13-27)50-22-34(44)42-37-41-32(21-51-37)23-8-14-28(15-9-23)43(47)48/h1-21H,22H2,(H,39,46)(H,40,45)(H,41,42,44). The van der Waals surface area contributed by atoms with Crippen molar-refractivity contribution in [1.29, 1.82) is 0 Å². The van der Waals surface area contributed by atoms with E-state index in [2.05, 4.69) is 36.9 Å². The maximum absolute atomic E-state index is 13.5. The molecule has 254 valence electrons. The fourth-order valence-electron chi connectivity index (χ4n) is 4.64. The molecule has 2 heterocycles. The van der Waals surface area contributed by atoms with Gasteiger partial charge in [0.25, 0.3) is 17.5 Å². The number of non-ortho nitro benzene ring substituents is 1. The topological polar surface area (TPSA) is 156 Å². The molecule has 0 atom stereocenters. The van der Waals surface area contributed by atoms with Crippen molar-refractivity contribution in [2.24, 2.45) is 0 Å². The number of amides is 3. The molecule has 2 aromatic heterocycles. The maximum atomic E-state index is 13.5. The molecule has 6 aromatic rings. The summed E-state index contributed by atoms with van der Waals surface area (Å²) in [6.45, 7) is 0. The van der Waals surface area contributed by atoms with E-state index in [4.69, 9.17) is 4.42 Å². The number of nitro groups is 1. The van der Waals surface area contributed by atoms with Crippen LogP contribution >= 0.6 is 39.0 Å². The molecule has 0 aliphatic carbocycles. The van der Waals surface area contributed by atoms with Crippen LogP contribution < -0.4 is 16.0 Å². The van der Waals surface area contributed by atoms with Crippen molar-refractivity contribution in [3.05, 3.63) is 152 Å². The first kappa shape index (κ1) is 35.0. The van der Waals surface area contributed by atoms with Crippen LogP contribution in [0.15, 0.2) is 140 Å². The largest absolute Gasteiger partial charge is 0.457 e. The van der Waals surface area contributed by atoms with Gasteiger partial charge in [-0.25, -0.2) is 4.98 Å². The number of thioether (sulfide) groups is 1. The number of furan rings is 1. The van der Waals surface area contributed by atoms with Gasteiger partial charge in [0.05, 0.1) is 16.4 Å². The zero-order chi connectivity index (χ0) is 35.7. The fourth-order valence-corrected chi connectivity index (χ4v) is 6.34. The van der Waals surface area contributed by atoms with Crippen LogP contribution in [0.1, 0.15) is 16.1 Å². The van der Waals surface area contributed by atoms with Gasteiger partial charge in [-0.1, -0.05) is 46.3 Å². The van der Waals surface area contributed by atoms with Crippen molar-refractivity contribution in [3.63, 3.8) is 0 Å². The highest BCUT2D eigenvalue weighted by Gasteiger charge is 2.17. The number of benzene rings is 4. The lowest BCUT2D eigenvalue weighted by Crippen LogP contribution is -2.30.